The zero-order chi connectivity index (χ0) is 23.1. The minimum Gasteiger partial charge on any atom is -0.338 e. The SMILES string of the molecule is Cc1c(Nc2c([N+](=O)[O-])cc(C(F)(F)F)cc2[N+](=O)[O-])c(=O)n(-c2ccccc2)n1C. The molecule has 0 amide bonds. The van der Waals surface area contributed by atoms with Gasteiger partial charge in [0.2, 0.25) is 0 Å². The number of halogens is 3. The van der Waals surface area contributed by atoms with E-state index in [0.717, 1.165) is 0 Å². The van der Waals surface area contributed by atoms with E-state index in [1.54, 1.807) is 30.3 Å². The second-order valence-electron chi connectivity index (χ2n) is 6.46. The van der Waals surface area contributed by atoms with E-state index in [4.69, 9.17) is 0 Å². The van der Waals surface area contributed by atoms with E-state index in [-0.39, 0.29) is 23.5 Å². The molecule has 13 heteroatoms. The number of nitro benzene ring substituents is 2. The predicted octanol–water partition coefficient (Wildman–Crippen LogP) is 4.06. The molecule has 10 nitrogen and oxygen atoms in total. The van der Waals surface area contributed by atoms with Gasteiger partial charge >= 0.3 is 6.18 Å². The number of nitro groups is 2. The van der Waals surface area contributed by atoms with Crippen LogP contribution in [-0.2, 0) is 13.2 Å². The lowest BCUT2D eigenvalue weighted by Gasteiger charge is -2.11. The molecule has 0 bridgehead atoms. The van der Waals surface area contributed by atoms with Crippen LogP contribution in [0.15, 0.2) is 47.3 Å². The van der Waals surface area contributed by atoms with Crippen LogP contribution in [0, 0.1) is 27.2 Å². The van der Waals surface area contributed by atoms with Gasteiger partial charge in [0.15, 0.2) is 5.69 Å². The summed E-state index contributed by atoms with van der Waals surface area (Å²) in [5.74, 6) is 0. The monoisotopic (exact) mass is 437 g/mol. The van der Waals surface area contributed by atoms with E-state index < -0.39 is 44.2 Å². The van der Waals surface area contributed by atoms with Gasteiger partial charge in [0.05, 0.1) is 26.8 Å². The Morgan fingerprint density at radius 3 is 1.94 bits per heavy atom. The zero-order valence-corrected chi connectivity index (χ0v) is 16.0. The smallest absolute Gasteiger partial charge is 0.338 e. The zero-order valence-electron chi connectivity index (χ0n) is 16.0. The summed E-state index contributed by atoms with van der Waals surface area (Å²) < 4.78 is 41.9. The normalized spacial score (nSPS) is 11.4. The number of nitrogens with one attached hydrogen (secondary N) is 1. The van der Waals surface area contributed by atoms with Crippen molar-refractivity contribution in [1.29, 1.82) is 0 Å². The molecular weight excluding hydrogens is 423 g/mol. The van der Waals surface area contributed by atoms with Crippen molar-refractivity contribution in [2.75, 3.05) is 5.32 Å². The fourth-order valence-corrected chi connectivity index (χ4v) is 3.03. The Balaban J connectivity index is 2.25. The number of para-hydroxylation sites is 1. The van der Waals surface area contributed by atoms with Crippen LogP contribution in [0.25, 0.3) is 5.69 Å². The molecule has 0 spiro atoms. The Bertz CT molecular complexity index is 1210. The van der Waals surface area contributed by atoms with Crippen molar-refractivity contribution in [1.82, 2.24) is 9.36 Å². The molecule has 3 rings (SSSR count). The molecule has 0 saturated carbocycles. The molecule has 1 heterocycles. The summed E-state index contributed by atoms with van der Waals surface area (Å²) in [6.07, 6.45) is -5.04. The number of nitrogens with zero attached hydrogens (tertiary/aromatic N) is 4. The van der Waals surface area contributed by atoms with Crippen LogP contribution < -0.4 is 10.9 Å². The van der Waals surface area contributed by atoms with Gasteiger partial charge in [0.1, 0.15) is 5.69 Å². The standard InChI is InChI=1S/C18H14F3N5O5/c1-10-15(17(27)24(23(10)2)12-6-4-3-5-7-12)22-16-13(25(28)29)8-11(18(19,20)21)9-14(16)26(30)31/h3-9,22H,1-2H3. The first-order valence-electron chi connectivity index (χ1n) is 8.58. The third-order valence-electron chi connectivity index (χ3n) is 4.62. The van der Waals surface area contributed by atoms with Gasteiger partial charge in [0.25, 0.3) is 16.9 Å². The number of hydrogen-bond donors (Lipinski definition) is 1. The molecule has 3 aromatic rings. The van der Waals surface area contributed by atoms with Crippen molar-refractivity contribution in [2.45, 2.75) is 13.1 Å². The van der Waals surface area contributed by atoms with Crippen molar-refractivity contribution in [3.8, 4) is 5.69 Å². The van der Waals surface area contributed by atoms with Crippen LogP contribution in [0.5, 0.6) is 0 Å². The van der Waals surface area contributed by atoms with E-state index in [1.165, 1.54) is 23.3 Å². The van der Waals surface area contributed by atoms with Crippen molar-refractivity contribution in [2.24, 2.45) is 7.05 Å². The molecule has 1 N–H and O–H groups in total. The second-order valence-corrected chi connectivity index (χ2v) is 6.46. The van der Waals surface area contributed by atoms with E-state index in [0.29, 0.717) is 5.69 Å². The van der Waals surface area contributed by atoms with Crippen LogP contribution >= 0.6 is 0 Å². The fraction of sp³-hybridized carbons (Fsp3) is 0.167. The van der Waals surface area contributed by atoms with Crippen molar-refractivity contribution < 1.29 is 23.0 Å². The maximum atomic E-state index is 13.1. The Morgan fingerprint density at radius 2 is 1.48 bits per heavy atom. The van der Waals surface area contributed by atoms with E-state index >= 15 is 0 Å². The number of anilines is 2. The molecule has 1 aromatic heterocycles. The highest BCUT2D eigenvalue weighted by molar-refractivity contribution is 5.80. The number of rotatable bonds is 5. The molecule has 0 aliphatic heterocycles. The number of aromatic nitrogens is 2. The minimum absolute atomic E-state index is 0.184. The van der Waals surface area contributed by atoms with Crippen molar-refractivity contribution >= 4 is 22.7 Å². The van der Waals surface area contributed by atoms with Crippen LogP contribution in [0.1, 0.15) is 11.3 Å². The highest BCUT2D eigenvalue weighted by Crippen LogP contribution is 2.42. The third-order valence-corrected chi connectivity index (χ3v) is 4.62. The van der Waals surface area contributed by atoms with Gasteiger partial charge < -0.3 is 5.32 Å². The van der Waals surface area contributed by atoms with Gasteiger partial charge in [-0.15, -0.1) is 0 Å². The molecule has 2 aromatic carbocycles. The molecule has 162 valence electrons. The molecule has 0 fully saturated rings. The molecule has 0 unspecified atom stereocenters. The molecule has 0 radical (unpaired) electrons. The summed E-state index contributed by atoms with van der Waals surface area (Å²) in [6.45, 7) is 1.48. The largest absolute Gasteiger partial charge is 0.416 e. The van der Waals surface area contributed by atoms with Crippen LogP contribution in [0.4, 0.5) is 35.9 Å². The van der Waals surface area contributed by atoms with Crippen LogP contribution in [0.2, 0.25) is 0 Å². The maximum absolute atomic E-state index is 13.1. The molecule has 31 heavy (non-hydrogen) atoms. The lowest BCUT2D eigenvalue weighted by atomic mass is 10.1. The third kappa shape index (κ3) is 3.84. The molecule has 0 aliphatic rings. The Morgan fingerprint density at radius 1 is 0.968 bits per heavy atom. The first kappa shape index (κ1) is 21.5. The van der Waals surface area contributed by atoms with E-state index in [2.05, 4.69) is 5.32 Å². The lowest BCUT2D eigenvalue weighted by molar-refractivity contribution is -0.392. The van der Waals surface area contributed by atoms with Crippen molar-refractivity contribution in [3.63, 3.8) is 0 Å². The fourth-order valence-electron chi connectivity index (χ4n) is 3.03. The summed E-state index contributed by atoms with van der Waals surface area (Å²) in [7, 11) is 1.52. The average molecular weight is 437 g/mol. The number of alkyl halides is 3. The molecular formula is C18H14F3N5O5. The first-order chi connectivity index (χ1) is 14.4. The molecule has 0 saturated heterocycles. The van der Waals surface area contributed by atoms with Gasteiger partial charge in [0, 0.05) is 19.2 Å². The second kappa shape index (κ2) is 7.59. The summed E-state index contributed by atoms with van der Waals surface area (Å²) >= 11 is 0. The maximum Gasteiger partial charge on any atom is 0.416 e. The van der Waals surface area contributed by atoms with E-state index in [9.17, 15) is 38.2 Å². The highest BCUT2D eigenvalue weighted by atomic mass is 19.4. The highest BCUT2D eigenvalue weighted by Gasteiger charge is 2.38. The lowest BCUT2D eigenvalue weighted by Crippen LogP contribution is -2.20. The minimum atomic E-state index is -5.04. The quantitative estimate of drug-likeness (QED) is 0.474. The Hall–Kier alpha value is -4.16. The first-order valence-corrected chi connectivity index (χ1v) is 8.58. The summed E-state index contributed by atoms with van der Waals surface area (Å²) in [4.78, 5) is 33.4. The van der Waals surface area contributed by atoms with Crippen molar-refractivity contribution in [3.05, 3.63) is 84.3 Å². The van der Waals surface area contributed by atoms with Gasteiger partial charge in [-0.25, -0.2) is 4.68 Å². The summed E-state index contributed by atoms with van der Waals surface area (Å²) in [5.41, 5.74) is -5.00. The predicted molar refractivity (Wildman–Crippen MR) is 104 cm³/mol. The molecule has 0 atom stereocenters. The van der Waals surface area contributed by atoms with Gasteiger partial charge in [-0.2, -0.15) is 13.2 Å². The van der Waals surface area contributed by atoms with Crippen LogP contribution in [0.3, 0.4) is 0 Å². The Kier molecular flexibility index (Phi) is 5.27. The summed E-state index contributed by atoms with van der Waals surface area (Å²) in [6, 6.07) is 8.66. The van der Waals surface area contributed by atoms with Gasteiger partial charge in [-0.1, -0.05) is 18.2 Å². The van der Waals surface area contributed by atoms with E-state index in [1.807, 2.05) is 0 Å². The van der Waals surface area contributed by atoms with Gasteiger partial charge in [-0.05, 0) is 19.1 Å². The van der Waals surface area contributed by atoms with Crippen LogP contribution in [-0.4, -0.2) is 19.2 Å². The number of benzene rings is 2. The summed E-state index contributed by atoms with van der Waals surface area (Å²) in [5, 5.41) is 25.2. The number of hydrogen-bond acceptors (Lipinski definition) is 6. The molecule has 0 aliphatic carbocycles. The average Bonchev–Trinajstić information content (AvgIpc) is 2.90. The topological polar surface area (TPSA) is 125 Å². The Labute approximate surface area is 171 Å². The van der Waals surface area contributed by atoms with Gasteiger partial charge in [-0.3, -0.25) is 29.7 Å².